The minimum Gasteiger partial charge on any atom is -0.396 e. The lowest BCUT2D eigenvalue weighted by molar-refractivity contribution is -0.142. The van der Waals surface area contributed by atoms with Gasteiger partial charge in [0.1, 0.15) is 6.04 Å². The van der Waals surface area contributed by atoms with Crippen LogP contribution in [0.2, 0.25) is 0 Å². The number of unbranched alkanes of at least 4 members (excludes halogenated alkanes) is 2. The van der Waals surface area contributed by atoms with Crippen molar-refractivity contribution in [3.8, 4) is 0 Å². The Kier molecular flexibility index (Phi) is 10.6. The molecule has 4 heterocycles. The number of carbonyl (C=O) groups excluding carboxylic acids is 3. The topological polar surface area (TPSA) is 93.6 Å². The minimum absolute atomic E-state index is 0.00878. The van der Waals surface area contributed by atoms with E-state index in [0.717, 1.165) is 44.6 Å². The molecule has 4 saturated heterocycles. The summed E-state index contributed by atoms with van der Waals surface area (Å²) >= 11 is 1.71. The Morgan fingerprint density at radius 1 is 1.05 bits per heavy atom. The van der Waals surface area contributed by atoms with E-state index in [1.165, 1.54) is 0 Å². The number of fused-ring (bicyclic) bond motifs is 1. The molecule has 2 bridgehead atoms. The van der Waals surface area contributed by atoms with Gasteiger partial charge in [-0.3, -0.25) is 19.3 Å². The van der Waals surface area contributed by atoms with Crippen LogP contribution in [-0.4, -0.2) is 119 Å². The molecule has 0 radical (unpaired) electrons. The molecule has 3 amide bonds. The summed E-state index contributed by atoms with van der Waals surface area (Å²) < 4.78 is 4.86. The van der Waals surface area contributed by atoms with Crippen LogP contribution in [0, 0.1) is 11.8 Å². The van der Waals surface area contributed by atoms with Crippen molar-refractivity contribution in [2.75, 3.05) is 70.5 Å². The van der Waals surface area contributed by atoms with Gasteiger partial charge in [0.05, 0.1) is 29.8 Å². The fourth-order valence-electron chi connectivity index (χ4n) is 7.47. The molecule has 0 aliphatic carbocycles. The second-order valence-corrected chi connectivity index (χ2v) is 13.6. The summed E-state index contributed by atoms with van der Waals surface area (Å²) in [5.41, 5.74) is 0.786. The lowest BCUT2D eigenvalue weighted by Crippen LogP contribution is -2.56. The first kappa shape index (κ1) is 31.8. The number of nitrogens with zero attached hydrogens (tertiary/aromatic N) is 4. The molecule has 5 atom stereocenters. The van der Waals surface area contributed by atoms with Gasteiger partial charge in [-0.2, -0.15) is 0 Å². The second-order valence-electron chi connectivity index (χ2n) is 12.0. The maximum atomic E-state index is 14.6. The smallest absolute Gasteiger partial charge is 0.247 e. The van der Waals surface area contributed by atoms with Crippen molar-refractivity contribution < 1.29 is 24.2 Å². The van der Waals surface area contributed by atoms with E-state index in [9.17, 15) is 19.5 Å². The van der Waals surface area contributed by atoms with Gasteiger partial charge in [-0.1, -0.05) is 30.4 Å². The van der Waals surface area contributed by atoms with E-state index < -0.39 is 22.6 Å². The molecule has 4 fully saturated rings. The number of hydrogen-bond acceptors (Lipinski definition) is 7. The Morgan fingerprint density at radius 2 is 1.79 bits per heavy atom. The van der Waals surface area contributed by atoms with E-state index in [4.69, 9.17) is 4.74 Å². The first-order valence-electron chi connectivity index (χ1n) is 15.7. The SMILES string of the molecule is C=CCN(CCN1CCOCC1)C(=O)C1N(CCCCCO)C(=O)[C@@H]2[C@H](C(=O)N(CC=C)c3ccccc3)[C@@H]3CCC12S3. The standard InChI is InChI=1S/C33H46N4O5S/c1-3-15-35(19-18-34-20-23-42-24-21-34)32(41)29-33-14-13-26(43-33)27(28(33)31(40)37(29)17-9-6-10-22-38)30(39)36(16-4-2)25-11-7-5-8-12-25/h3-5,7-8,11-12,26-29,38H,1-2,6,9-10,13-24H2/t26-,27+,28-,29?,33?/m0/s1. The average molecular weight is 611 g/mol. The Balaban J connectivity index is 1.44. The number of ether oxygens (including phenoxy) is 1. The van der Waals surface area contributed by atoms with Crippen LogP contribution < -0.4 is 4.90 Å². The molecule has 0 aromatic heterocycles. The molecule has 1 N–H and O–H groups in total. The third kappa shape index (κ3) is 6.30. The van der Waals surface area contributed by atoms with Crippen LogP contribution in [0.25, 0.3) is 0 Å². The molecular weight excluding hydrogens is 564 g/mol. The molecule has 9 nitrogen and oxygen atoms in total. The minimum atomic E-state index is -0.634. The molecule has 1 spiro atoms. The van der Waals surface area contributed by atoms with Gasteiger partial charge in [0, 0.05) is 63.4 Å². The van der Waals surface area contributed by atoms with Crippen LogP contribution in [0.1, 0.15) is 32.1 Å². The predicted octanol–water partition coefficient (Wildman–Crippen LogP) is 2.81. The van der Waals surface area contributed by atoms with Crippen LogP contribution in [0.3, 0.4) is 0 Å². The third-order valence-electron chi connectivity index (χ3n) is 9.47. The van der Waals surface area contributed by atoms with Crippen molar-refractivity contribution in [2.24, 2.45) is 11.8 Å². The van der Waals surface area contributed by atoms with Gasteiger partial charge < -0.3 is 24.5 Å². The summed E-state index contributed by atoms with van der Waals surface area (Å²) in [6.07, 6.45) is 7.15. The summed E-state index contributed by atoms with van der Waals surface area (Å²) in [4.78, 5) is 51.1. The van der Waals surface area contributed by atoms with Crippen molar-refractivity contribution in [3.63, 3.8) is 0 Å². The highest BCUT2D eigenvalue weighted by molar-refractivity contribution is 8.02. The highest BCUT2D eigenvalue weighted by Gasteiger charge is 2.74. The summed E-state index contributed by atoms with van der Waals surface area (Å²) in [6.45, 7) is 13.5. The van der Waals surface area contributed by atoms with Crippen molar-refractivity contribution >= 4 is 35.2 Å². The Morgan fingerprint density at radius 3 is 2.49 bits per heavy atom. The largest absolute Gasteiger partial charge is 0.396 e. The Bertz CT molecular complexity index is 1160. The molecule has 10 heteroatoms. The molecule has 5 rings (SSSR count). The van der Waals surface area contributed by atoms with Crippen molar-refractivity contribution in [3.05, 3.63) is 55.6 Å². The average Bonchev–Trinajstić information content (AvgIpc) is 3.68. The van der Waals surface area contributed by atoms with Gasteiger partial charge >= 0.3 is 0 Å². The predicted molar refractivity (Wildman–Crippen MR) is 170 cm³/mol. The molecule has 1 aromatic rings. The normalized spacial score (nSPS) is 28.1. The zero-order valence-corrected chi connectivity index (χ0v) is 26.0. The molecule has 0 saturated carbocycles. The fourth-order valence-corrected chi connectivity index (χ4v) is 9.68. The number of hydrogen-bond donors (Lipinski definition) is 1. The van der Waals surface area contributed by atoms with Crippen LogP contribution in [-0.2, 0) is 19.1 Å². The number of rotatable bonds is 15. The monoisotopic (exact) mass is 610 g/mol. The maximum Gasteiger partial charge on any atom is 0.247 e. The van der Waals surface area contributed by atoms with Crippen molar-refractivity contribution in [1.29, 1.82) is 0 Å². The van der Waals surface area contributed by atoms with Gasteiger partial charge in [-0.05, 0) is 44.2 Å². The van der Waals surface area contributed by atoms with Gasteiger partial charge in [0.2, 0.25) is 17.7 Å². The van der Waals surface area contributed by atoms with Gasteiger partial charge in [-0.15, -0.1) is 24.9 Å². The molecule has 1 aromatic carbocycles. The van der Waals surface area contributed by atoms with E-state index in [1.54, 1.807) is 33.7 Å². The molecular formula is C33H46N4O5S. The van der Waals surface area contributed by atoms with Crippen LogP contribution >= 0.6 is 11.8 Å². The van der Waals surface area contributed by atoms with E-state index in [2.05, 4.69) is 18.1 Å². The van der Waals surface area contributed by atoms with E-state index in [0.29, 0.717) is 52.2 Å². The highest BCUT2D eigenvalue weighted by atomic mass is 32.2. The van der Waals surface area contributed by atoms with E-state index in [1.807, 2.05) is 35.2 Å². The molecule has 43 heavy (non-hydrogen) atoms. The highest BCUT2D eigenvalue weighted by Crippen LogP contribution is 2.66. The van der Waals surface area contributed by atoms with Gasteiger partial charge in [0.15, 0.2) is 0 Å². The van der Waals surface area contributed by atoms with Crippen LogP contribution in [0.15, 0.2) is 55.6 Å². The maximum absolute atomic E-state index is 14.6. The first-order valence-corrected chi connectivity index (χ1v) is 16.6. The zero-order valence-electron chi connectivity index (χ0n) is 25.1. The zero-order chi connectivity index (χ0) is 30.4. The molecule has 234 valence electrons. The van der Waals surface area contributed by atoms with Gasteiger partial charge in [-0.25, -0.2) is 0 Å². The van der Waals surface area contributed by atoms with Crippen molar-refractivity contribution in [2.45, 2.75) is 48.1 Å². The van der Waals surface area contributed by atoms with Gasteiger partial charge in [0.25, 0.3) is 0 Å². The summed E-state index contributed by atoms with van der Waals surface area (Å²) in [7, 11) is 0. The number of benzene rings is 1. The Hall–Kier alpha value is -2.66. The summed E-state index contributed by atoms with van der Waals surface area (Å²) in [5.74, 6) is -1.22. The van der Waals surface area contributed by atoms with Crippen LogP contribution in [0.4, 0.5) is 5.69 Å². The number of morpholine rings is 1. The van der Waals surface area contributed by atoms with Crippen molar-refractivity contribution in [1.82, 2.24) is 14.7 Å². The lowest BCUT2D eigenvalue weighted by atomic mass is 9.70. The quantitative estimate of drug-likeness (QED) is 0.241. The summed E-state index contributed by atoms with van der Waals surface area (Å²) in [5, 5.41) is 9.33. The number of aliphatic hydroxyl groups excluding tert-OH is 1. The number of aliphatic hydroxyl groups is 1. The number of anilines is 1. The second kappa shape index (κ2) is 14.4. The fraction of sp³-hybridized carbons (Fsp3) is 0.606. The number of likely N-dealkylation sites (tertiary alicyclic amines) is 1. The Labute approximate surface area is 259 Å². The summed E-state index contributed by atoms with van der Waals surface area (Å²) in [6, 6.07) is 8.93. The lowest BCUT2D eigenvalue weighted by Gasteiger charge is -2.38. The molecule has 4 aliphatic rings. The number of carbonyl (C=O) groups is 3. The van der Waals surface area contributed by atoms with Crippen LogP contribution in [0.5, 0.6) is 0 Å². The van der Waals surface area contributed by atoms with E-state index in [-0.39, 0.29) is 29.6 Å². The number of para-hydroxylation sites is 1. The first-order chi connectivity index (χ1) is 21.0. The molecule has 2 unspecified atom stereocenters. The number of amides is 3. The number of thioether (sulfide) groups is 1. The van der Waals surface area contributed by atoms with E-state index >= 15 is 0 Å². The third-order valence-corrected chi connectivity index (χ3v) is 11.4. The molecule has 4 aliphatic heterocycles.